The first-order valence-electron chi connectivity index (χ1n) is 9.36. The number of likely N-dealkylation sites (tertiary alicyclic amines) is 2. The van der Waals surface area contributed by atoms with Crippen molar-refractivity contribution in [2.75, 3.05) is 45.9 Å². The molecule has 3 aliphatic heterocycles. The van der Waals surface area contributed by atoms with Crippen LogP contribution in [-0.2, 0) is 4.74 Å². The van der Waals surface area contributed by atoms with Crippen molar-refractivity contribution >= 4 is 17.2 Å². The van der Waals surface area contributed by atoms with Crippen molar-refractivity contribution in [1.29, 1.82) is 0 Å². The molecule has 1 amide bonds. The van der Waals surface area contributed by atoms with Gasteiger partial charge in [-0.3, -0.25) is 4.79 Å². The molecule has 4 rings (SSSR count). The Morgan fingerprint density at radius 2 is 1.96 bits per heavy atom. The Labute approximate surface area is 148 Å². The van der Waals surface area contributed by atoms with Crippen LogP contribution in [0.5, 0.6) is 0 Å². The molecule has 132 valence electrons. The van der Waals surface area contributed by atoms with Gasteiger partial charge in [0.1, 0.15) is 0 Å². The lowest BCUT2D eigenvalue weighted by atomic mass is 9.77. The molecule has 0 unspecified atom stereocenters. The Morgan fingerprint density at radius 1 is 1.21 bits per heavy atom. The highest BCUT2D eigenvalue weighted by Crippen LogP contribution is 2.41. The molecule has 0 N–H and O–H groups in total. The van der Waals surface area contributed by atoms with Gasteiger partial charge in [-0.2, -0.15) is 11.3 Å². The Kier molecular flexibility index (Phi) is 4.93. The monoisotopic (exact) mass is 348 g/mol. The molecule has 0 saturated carbocycles. The zero-order valence-corrected chi connectivity index (χ0v) is 15.2. The number of piperidine rings is 1. The molecule has 24 heavy (non-hydrogen) atoms. The van der Waals surface area contributed by atoms with E-state index in [2.05, 4.69) is 9.80 Å². The first-order valence-corrected chi connectivity index (χ1v) is 10.3. The fraction of sp³-hybridized carbons (Fsp3) is 0.737. The van der Waals surface area contributed by atoms with Crippen LogP contribution in [0.25, 0.3) is 0 Å². The Morgan fingerprint density at radius 3 is 2.67 bits per heavy atom. The van der Waals surface area contributed by atoms with Crippen LogP contribution in [0.15, 0.2) is 16.8 Å². The number of carbonyl (C=O) groups is 1. The summed E-state index contributed by atoms with van der Waals surface area (Å²) in [6, 6.07) is 1.95. The number of nitrogens with zero attached hydrogens (tertiary/aromatic N) is 2. The van der Waals surface area contributed by atoms with Gasteiger partial charge in [0.05, 0.1) is 5.56 Å². The summed E-state index contributed by atoms with van der Waals surface area (Å²) in [5.41, 5.74) is 1.33. The third kappa shape index (κ3) is 3.53. The second kappa shape index (κ2) is 7.14. The fourth-order valence-corrected chi connectivity index (χ4v) is 5.27. The Balaban J connectivity index is 1.28. The van der Waals surface area contributed by atoms with E-state index in [-0.39, 0.29) is 5.91 Å². The predicted octanol–water partition coefficient (Wildman–Crippen LogP) is 3.10. The van der Waals surface area contributed by atoms with Crippen LogP contribution in [0.3, 0.4) is 0 Å². The van der Waals surface area contributed by atoms with Crippen molar-refractivity contribution in [3.63, 3.8) is 0 Å². The number of thiophene rings is 1. The van der Waals surface area contributed by atoms with Crippen molar-refractivity contribution < 1.29 is 9.53 Å². The maximum atomic E-state index is 12.5. The molecule has 1 aromatic rings. The molecule has 3 aliphatic rings. The van der Waals surface area contributed by atoms with Gasteiger partial charge >= 0.3 is 0 Å². The second-order valence-corrected chi connectivity index (χ2v) is 8.63. The topological polar surface area (TPSA) is 32.8 Å². The maximum Gasteiger partial charge on any atom is 0.254 e. The summed E-state index contributed by atoms with van der Waals surface area (Å²) in [6.07, 6.45) is 6.12. The van der Waals surface area contributed by atoms with Crippen LogP contribution in [0.1, 0.15) is 42.5 Å². The van der Waals surface area contributed by atoms with Gasteiger partial charge in [-0.05, 0) is 61.4 Å². The number of hydrogen-bond donors (Lipinski definition) is 0. The molecule has 0 bridgehead atoms. The summed E-state index contributed by atoms with van der Waals surface area (Å²) >= 11 is 1.60. The van der Waals surface area contributed by atoms with Crippen LogP contribution in [0, 0.1) is 11.3 Å². The van der Waals surface area contributed by atoms with Gasteiger partial charge in [-0.25, -0.2) is 0 Å². The van der Waals surface area contributed by atoms with Crippen molar-refractivity contribution in [3.8, 4) is 0 Å². The van der Waals surface area contributed by atoms with Gasteiger partial charge < -0.3 is 14.5 Å². The van der Waals surface area contributed by atoms with Crippen LogP contribution in [-0.4, -0.2) is 61.6 Å². The molecule has 5 heteroatoms. The lowest BCUT2D eigenvalue weighted by Gasteiger charge is -2.39. The molecule has 0 aliphatic carbocycles. The fourth-order valence-electron chi connectivity index (χ4n) is 4.64. The number of amides is 1. The molecule has 3 saturated heterocycles. The van der Waals surface area contributed by atoms with Crippen LogP contribution in [0.2, 0.25) is 0 Å². The summed E-state index contributed by atoms with van der Waals surface area (Å²) in [5.74, 6) is 1.05. The van der Waals surface area contributed by atoms with Crippen LogP contribution in [0.4, 0.5) is 0 Å². The van der Waals surface area contributed by atoms with Gasteiger partial charge in [0.15, 0.2) is 0 Å². The van der Waals surface area contributed by atoms with E-state index in [1.54, 1.807) is 11.3 Å². The van der Waals surface area contributed by atoms with Crippen molar-refractivity contribution in [3.05, 3.63) is 22.4 Å². The first kappa shape index (κ1) is 16.6. The zero-order valence-electron chi connectivity index (χ0n) is 14.4. The molecule has 0 atom stereocenters. The Bertz CT molecular complexity index is 546. The van der Waals surface area contributed by atoms with E-state index in [0.717, 1.165) is 37.8 Å². The van der Waals surface area contributed by atoms with Gasteiger partial charge in [0.25, 0.3) is 5.91 Å². The molecule has 1 aromatic heterocycles. The van der Waals surface area contributed by atoms with Crippen LogP contribution >= 0.6 is 11.3 Å². The minimum atomic E-state index is 0.225. The van der Waals surface area contributed by atoms with E-state index < -0.39 is 0 Å². The summed E-state index contributed by atoms with van der Waals surface area (Å²) in [7, 11) is 0. The third-order valence-electron chi connectivity index (χ3n) is 6.25. The van der Waals surface area contributed by atoms with Gasteiger partial charge in [-0.1, -0.05) is 0 Å². The third-order valence-corrected chi connectivity index (χ3v) is 6.94. The summed E-state index contributed by atoms with van der Waals surface area (Å²) in [4.78, 5) is 17.3. The number of rotatable bonds is 3. The smallest absolute Gasteiger partial charge is 0.254 e. The highest BCUT2D eigenvalue weighted by atomic mass is 32.1. The molecule has 0 aromatic carbocycles. The molecular formula is C19H28N2O2S. The van der Waals surface area contributed by atoms with Crippen LogP contribution < -0.4 is 0 Å². The molecule has 0 radical (unpaired) electrons. The molecule has 1 spiro atoms. The maximum absolute atomic E-state index is 12.5. The van der Waals surface area contributed by atoms with Gasteiger partial charge in [0.2, 0.25) is 0 Å². The van der Waals surface area contributed by atoms with E-state index in [9.17, 15) is 4.79 Å². The van der Waals surface area contributed by atoms with Gasteiger partial charge in [-0.15, -0.1) is 0 Å². The Hall–Kier alpha value is -0.910. The standard InChI is InChI=1S/C19H28N2O2S/c22-18(17-3-12-24-14-17)21-8-5-19(6-9-21)4-7-20(15-19)13-16-1-10-23-11-2-16/h3,12,14,16H,1-2,4-11,13,15H2. The minimum Gasteiger partial charge on any atom is -0.381 e. The highest BCUT2D eigenvalue weighted by Gasteiger charge is 2.41. The van der Waals surface area contributed by atoms with Gasteiger partial charge in [0, 0.05) is 44.8 Å². The van der Waals surface area contributed by atoms with Crippen molar-refractivity contribution in [2.45, 2.75) is 32.1 Å². The van der Waals surface area contributed by atoms with E-state index >= 15 is 0 Å². The summed E-state index contributed by atoms with van der Waals surface area (Å²) in [6.45, 7) is 7.50. The minimum absolute atomic E-state index is 0.225. The quantitative estimate of drug-likeness (QED) is 0.841. The molecule has 3 fully saturated rings. The number of carbonyl (C=O) groups excluding carboxylic acids is 1. The van der Waals surface area contributed by atoms with E-state index in [4.69, 9.17) is 4.74 Å². The number of ether oxygens (including phenoxy) is 1. The average Bonchev–Trinajstić information content (AvgIpc) is 3.27. The molecule has 4 nitrogen and oxygen atoms in total. The normalized spacial score (nSPS) is 25.4. The average molecular weight is 349 g/mol. The lowest BCUT2D eigenvalue weighted by Crippen LogP contribution is -2.44. The zero-order chi connectivity index (χ0) is 16.4. The van der Waals surface area contributed by atoms with Crippen molar-refractivity contribution in [2.24, 2.45) is 11.3 Å². The largest absolute Gasteiger partial charge is 0.381 e. The predicted molar refractivity (Wildman–Crippen MR) is 96.5 cm³/mol. The van der Waals surface area contributed by atoms with E-state index in [0.29, 0.717) is 5.41 Å². The molecular weight excluding hydrogens is 320 g/mol. The summed E-state index contributed by atoms with van der Waals surface area (Å²) < 4.78 is 5.48. The molecule has 4 heterocycles. The second-order valence-electron chi connectivity index (χ2n) is 7.85. The lowest BCUT2D eigenvalue weighted by molar-refractivity contribution is 0.0489. The highest BCUT2D eigenvalue weighted by molar-refractivity contribution is 7.08. The number of hydrogen-bond acceptors (Lipinski definition) is 4. The summed E-state index contributed by atoms with van der Waals surface area (Å²) in [5, 5.41) is 3.96. The van der Waals surface area contributed by atoms with E-state index in [1.807, 2.05) is 16.8 Å². The van der Waals surface area contributed by atoms with Crippen molar-refractivity contribution in [1.82, 2.24) is 9.80 Å². The SMILES string of the molecule is O=C(c1ccsc1)N1CCC2(CCN(CC3CCOCC3)C2)CC1. The van der Waals surface area contributed by atoms with E-state index in [1.165, 1.54) is 51.7 Å². The first-order chi connectivity index (χ1) is 11.7.